The van der Waals surface area contributed by atoms with Crippen molar-refractivity contribution in [2.45, 2.75) is 10.6 Å². The third-order valence-electron chi connectivity index (χ3n) is 3.40. The lowest BCUT2D eigenvalue weighted by Gasteiger charge is -2.06. The number of aryl methyl sites for hydroxylation is 1. The van der Waals surface area contributed by atoms with Crippen LogP contribution in [0.25, 0.3) is 11.1 Å². The van der Waals surface area contributed by atoms with Gasteiger partial charge in [0.05, 0.1) is 16.2 Å². The van der Waals surface area contributed by atoms with Crippen molar-refractivity contribution in [1.82, 2.24) is 4.57 Å². The number of hydrogen-bond donors (Lipinski definition) is 0. The van der Waals surface area contributed by atoms with E-state index >= 15 is 0 Å². The van der Waals surface area contributed by atoms with Gasteiger partial charge in [-0.05, 0) is 35.9 Å². The van der Waals surface area contributed by atoms with Gasteiger partial charge in [0.2, 0.25) is 0 Å². The summed E-state index contributed by atoms with van der Waals surface area (Å²) in [6.07, 6.45) is 0. The Kier molecular flexibility index (Phi) is 4.00. The number of aromatic nitrogens is 1. The second kappa shape index (κ2) is 5.70. The van der Waals surface area contributed by atoms with Crippen molar-refractivity contribution in [3.63, 3.8) is 0 Å². The number of sulfone groups is 1. The van der Waals surface area contributed by atoms with Gasteiger partial charge in [-0.25, -0.2) is 13.2 Å². The molecule has 0 atom stereocenters. The molecule has 120 valence electrons. The van der Waals surface area contributed by atoms with E-state index < -0.39 is 15.6 Å². The molecule has 0 saturated heterocycles. The van der Waals surface area contributed by atoms with Crippen molar-refractivity contribution in [2.75, 3.05) is 0 Å². The highest BCUT2D eigenvalue weighted by atomic mass is 35.5. The van der Waals surface area contributed by atoms with Crippen molar-refractivity contribution in [2.24, 2.45) is 7.05 Å². The van der Waals surface area contributed by atoms with E-state index in [1.165, 1.54) is 28.8 Å². The summed E-state index contributed by atoms with van der Waals surface area (Å²) < 4.78 is 31.4. The average molecular weight is 372 g/mol. The van der Waals surface area contributed by atoms with Crippen molar-refractivity contribution in [3.8, 4) is 0 Å². The minimum absolute atomic E-state index is 0.0652. The van der Waals surface area contributed by atoms with Gasteiger partial charge < -0.3 is 4.42 Å². The SMILES string of the molecule is Cn1c(=O)oc2cc(S(=O)(=O)Cc3cc(Cl)cc(Cl)c3)ccc21. The lowest BCUT2D eigenvalue weighted by Crippen LogP contribution is -2.08. The Morgan fingerprint density at radius 1 is 1.09 bits per heavy atom. The fraction of sp³-hybridized carbons (Fsp3) is 0.133. The van der Waals surface area contributed by atoms with Gasteiger partial charge in [0, 0.05) is 23.2 Å². The van der Waals surface area contributed by atoms with Crippen LogP contribution >= 0.6 is 23.2 Å². The van der Waals surface area contributed by atoms with Gasteiger partial charge in [-0.1, -0.05) is 23.2 Å². The molecule has 0 amide bonds. The molecule has 0 spiro atoms. The third kappa shape index (κ3) is 3.15. The second-order valence-corrected chi connectivity index (χ2v) is 7.96. The molecule has 0 aliphatic rings. The Labute approximate surface area is 142 Å². The summed E-state index contributed by atoms with van der Waals surface area (Å²) in [7, 11) is -2.08. The lowest BCUT2D eigenvalue weighted by atomic mass is 10.2. The van der Waals surface area contributed by atoms with Crippen LogP contribution in [0.1, 0.15) is 5.56 Å². The van der Waals surface area contributed by atoms with Crippen LogP contribution in [0, 0.1) is 0 Å². The highest BCUT2D eigenvalue weighted by molar-refractivity contribution is 7.90. The Balaban J connectivity index is 2.03. The molecule has 0 radical (unpaired) electrons. The number of oxazole rings is 1. The van der Waals surface area contributed by atoms with Gasteiger partial charge in [-0.15, -0.1) is 0 Å². The van der Waals surface area contributed by atoms with Crippen LogP contribution in [0.2, 0.25) is 10.0 Å². The minimum Gasteiger partial charge on any atom is -0.408 e. The first-order valence-corrected chi connectivity index (χ1v) is 8.94. The number of fused-ring (bicyclic) bond motifs is 1. The molecule has 3 aromatic rings. The van der Waals surface area contributed by atoms with Gasteiger partial charge in [0.1, 0.15) is 0 Å². The van der Waals surface area contributed by atoms with E-state index in [2.05, 4.69) is 0 Å². The zero-order chi connectivity index (χ0) is 16.8. The first-order chi connectivity index (χ1) is 10.8. The zero-order valence-corrected chi connectivity index (χ0v) is 14.2. The van der Waals surface area contributed by atoms with E-state index in [0.29, 0.717) is 21.1 Å². The molecule has 1 aromatic heterocycles. The van der Waals surface area contributed by atoms with E-state index in [4.69, 9.17) is 27.6 Å². The molecule has 23 heavy (non-hydrogen) atoms. The summed E-state index contributed by atoms with van der Waals surface area (Å²) in [4.78, 5) is 11.5. The van der Waals surface area contributed by atoms with Gasteiger partial charge in [-0.3, -0.25) is 4.57 Å². The Morgan fingerprint density at radius 2 is 1.74 bits per heavy atom. The summed E-state index contributed by atoms with van der Waals surface area (Å²) in [6, 6.07) is 8.96. The maximum absolute atomic E-state index is 12.5. The van der Waals surface area contributed by atoms with Crippen LogP contribution in [0.15, 0.2) is 50.5 Å². The van der Waals surface area contributed by atoms with E-state index in [9.17, 15) is 13.2 Å². The average Bonchev–Trinajstić information content (AvgIpc) is 2.72. The smallest absolute Gasteiger partial charge is 0.408 e. The number of hydrogen-bond acceptors (Lipinski definition) is 4. The highest BCUT2D eigenvalue weighted by Gasteiger charge is 2.18. The maximum Gasteiger partial charge on any atom is 0.419 e. The van der Waals surface area contributed by atoms with Crippen molar-refractivity contribution >= 4 is 44.1 Å². The van der Waals surface area contributed by atoms with Crippen LogP contribution in [0.5, 0.6) is 0 Å². The van der Waals surface area contributed by atoms with Gasteiger partial charge >= 0.3 is 5.76 Å². The molecule has 0 aliphatic heterocycles. The summed E-state index contributed by atoms with van der Waals surface area (Å²) in [6.45, 7) is 0. The molecule has 0 saturated carbocycles. The molecule has 1 heterocycles. The number of nitrogens with zero attached hydrogens (tertiary/aromatic N) is 1. The molecule has 5 nitrogen and oxygen atoms in total. The Hall–Kier alpha value is -1.76. The van der Waals surface area contributed by atoms with Crippen molar-refractivity contribution < 1.29 is 12.8 Å². The molecule has 0 fully saturated rings. The van der Waals surface area contributed by atoms with Gasteiger partial charge in [-0.2, -0.15) is 0 Å². The number of benzene rings is 2. The van der Waals surface area contributed by atoms with Crippen LogP contribution in [0.3, 0.4) is 0 Å². The molecular formula is C15H11Cl2NO4S. The zero-order valence-electron chi connectivity index (χ0n) is 11.9. The van der Waals surface area contributed by atoms with E-state index in [1.807, 2.05) is 0 Å². The summed E-state index contributed by atoms with van der Waals surface area (Å²) >= 11 is 11.8. The molecule has 0 N–H and O–H groups in total. The second-order valence-electron chi connectivity index (χ2n) is 5.09. The maximum atomic E-state index is 12.5. The van der Waals surface area contributed by atoms with E-state index in [1.54, 1.807) is 19.2 Å². The number of rotatable bonds is 3. The van der Waals surface area contributed by atoms with Gasteiger partial charge in [0.15, 0.2) is 15.4 Å². The lowest BCUT2D eigenvalue weighted by molar-refractivity contribution is 0.527. The van der Waals surface area contributed by atoms with Gasteiger partial charge in [0.25, 0.3) is 0 Å². The highest BCUT2D eigenvalue weighted by Crippen LogP contribution is 2.25. The van der Waals surface area contributed by atoms with E-state index in [-0.39, 0.29) is 16.2 Å². The van der Waals surface area contributed by atoms with Crippen LogP contribution in [-0.4, -0.2) is 13.0 Å². The molecule has 0 bridgehead atoms. The fourth-order valence-electron chi connectivity index (χ4n) is 2.30. The Morgan fingerprint density at radius 3 is 2.39 bits per heavy atom. The molecule has 0 unspecified atom stereocenters. The van der Waals surface area contributed by atoms with Crippen LogP contribution < -0.4 is 5.76 Å². The molecular weight excluding hydrogens is 361 g/mol. The summed E-state index contributed by atoms with van der Waals surface area (Å²) in [5, 5.41) is 0.736. The minimum atomic E-state index is -3.63. The van der Waals surface area contributed by atoms with Crippen LogP contribution in [-0.2, 0) is 22.6 Å². The summed E-state index contributed by atoms with van der Waals surface area (Å²) in [5.41, 5.74) is 1.24. The van der Waals surface area contributed by atoms with E-state index in [0.717, 1.165) is 0 Å². The fourth-order valence-corrected chi connectivity index (χ4v) is 4.21. The first kappa shape index (κ1) is 16.1. The molecule has 3 rings (SSSR count). The van der Waals surface area contributed by atoms with Crippen molar-refractivity contribution in [1.29, 1.82) is 0 Å². The largest absolute Gasteiger partial charge is 0.419 e. The first-order valence-electron chi connectivity index (χ1n) is 6.53. The molecule has 0 aliphatic carbocycles. The van der Waals surface area contributed by atoms with Crippen molar-refractivity contribution in [3.05, 3.63) is 62.6 Å². The standard InChI is InChI=1S/C15H11Cl2NO4S/c1-18-13-3-2-12(7-14(13)22-15(18)19)23(20,21)8-9-4-10(16)6-11(17)5-9/h2-7H,8H2,1H3. The number of halogens is 2. The third-order valence-corrected chi connectivity index (χ3v) is 5.52. The predicted octanol–water partition coefficient (Wildman–Crippen LogP) is 3.41. The summed E-state index contributed by atoms with van der Waals surface area (Å²) in [5.74, 6) is -0.799. The van der Waals surface area contributed by atoms with Crippen LogP contribution in [0.4, 0.5) is 0 Å². The normalized spacial score (nSPS) is 12.0. The monoisotopic (exact) mass is 371 g/mol. The quantitative estimate of drug-likeness (QED) is 0.707. The molecule has 8 heteroatoms. The Bertz CT molecular complexity index is 1050. The topological polar surface area (TPSA) is 69.3 Å². The predicted molar refractivity (Wildman–Crippen MR) is 88.8 cm³/mol. The molecule has 2 aromatic carbocycles.